The summed E-state index contributed by atoms with van der Waals surface area (Å²) in [6.45, 7) is 4.66. The number of aliphatic hydroxyl groups is 1. The zero-order valence-electron chi connectivity index (χ0n) is 11.3. The lowest BCUT2D eigenvalue weighted by molar-refractivity contribution is 0.0759. The van der Waals surface area contributed by atoms with Crippen molar-refractivity contribution in [1.82, 2.24) is 0 Å². The summed E-state index contributed by atoms with van der Waals surface area (Å²) in [4.78, 5) is 0. The number of benzene rings is 2. The fourth-order valence-corrected chi connectivity index (χ4v) is 2.72. The van der Waals surface area contributed by atoms with Gasteiger partial charge in [0, 0.05) is 5.92 Å². The van der Waals surface area contributed by atoms with Gasteiger partial charge in [-0.3, -0.25) is 0 Å². The van der Waals surface area contributed by atoms with Crippen molar-refractivity contribution in [3.8, 4) is 0 Å². The predicted molar refractivity (Wildman–Crippen MR) is 79.2 cm³/mol. The van der Waals surface area contributed by atoms with Gasteiger partial charge in [-0.2, -0.15) is 0 Å². The van der Waals surface area contributed by atoms with Crippen LogP contribution >= 0.6 is 0 Å². The Hall–Kier alpha value is -1.90. The van der Waals surface area contributed by atoms with Crippen LogP contribution in [0, 0.1) is 5.92 Å². The summed E-state index contributed by atoms with van der Waals surface area (Å²) in [6.07, 6.45) is -0.669. The smallest absolute Gasteiger partial charge is 0.104 e. The molecular weight excluding hydrogens is 248 g/mol. The van der Waals surface area contributed by atoms with Crippen LogP contribution in [-0.2, 0) is 4.74 Å². The average molecular weight is 266 g/mol. The zero-order valence-corrected chi connectivity index (χ0v) is 11.3. The van der Waals surface area contributed by atoms with Crippen LogP contribution in [0.1, 0.15) is 23.3 Å². The molecule has 0 saturated carbocycles. The van der Waals surface area contributed by atoms with Gasteiger partial charge in [-0.05, 0) is 16.7 Å². The number of hydrogen-bond acceptors (Lipinski definition) is 2. The second-order valence-corrected chi connectivity index (χ2v) is 5.16. The molecule has 1 fully saturated rings. The number of rotatable bonds is 3. The summed E-state index contributed by atoms with van der Waals surface area (Å²) in [5, 5.41) is 10.5. The molecule has 0 aliphatic carbocycles. The van der Waals surface area contributed by atoms with Crippen LogP contribution in [0.3, 0.4) is 0 Å². The van der Waals surface area contributed by atoms with Crippen molar-refractivity contribution in [2.45, 2.75) is 12.2 Å². The average Bonchev–Trinajstić information content (AvgIpc) is 2.90. The van der Waals surface area contributed by atoms with E-state index in [1.165, 1.54) is 0 Å². The predicted octanol–water partition coefficient (Wildman–Crippen LogP) is 3.66. The third-order valence-electron chi connectivity index (χ3n) is 3.88. The SMILES string of the molecule is C=C1C(c2ccccc2)OC[C@@H]1[C@@H](O)c1ccccc1. The molecule has 0 radical (unpaired) electrons. The van der Waals surface area contributed by atoms with E-state index in [-0.39, 0.29) is 12.0 Å². The van der Waals surface area contributed by atoms with E-state index in [1.54, 1.807) is 0 Å². The molecule has 0 aromatic heterocycles. The molecule has 1 saturated heterocycles. The molecule has 1 unspecified atom stereocenters. The van der Waals surface area contributed by atoms with Gasteiger partial charge in [0.15, 0.2) is 0 Å². The zero-order chi connectivity index (χ0) is 13.9. The highest BCUT2D eigenvalue weighted by molar-refractivity contribution is 5.31. The minimum absolute atomic E-state index is 0.0531. The van der Waals surface area contributed by atoms with Crippen LogP contribution in [-0.4, -0.2) is 11.7 Å². The van der Waals surface area contributed by atoms with Gasteiger partial charge in [-0.25, -0.2) is 0 Å². The van der Waals surface area contributed by atoms with E-state index in [9.17, 15) is 5.11 Å². The number of aliphatic hydroxyl groups excluding tert-OH is 1. The van der Waals surface area contributed by atoms with Gasteiger partial charge in [-0.15, -0.1) is 0 Å². The minimum atomic E-state index is -0.558. The van der Waals surface area contributed by atoms with Gasteiger partial charge < -0.3 is 9.84 Å². The largest absolute Gasteiger partial charge is 0.388 e. The topological polar surface area (TPSA) is 29.5 Å². The van der Waals surface area contributed by atoms with Crippen LogP contribution in [0.4, 0.5) is 0 Å². The molecule has 3 atom stereocenters. The molecule has 2 heteroatoms. The second kappa shape index (κ2) is 5.61. The first-order chi connectivity index (χ1) is 9.77. The normalized spacial score (nSPS) is 23.8. The van der Waals surface area contributed by atoms with Gasteiger partial charge in [-0.1, -0.05) is 67.2 Å². The van der Waals surface area contributed by atoms with Crippen LogP contribution in [0.25, 0.3) is 0 Å². The Morgan fingerprint density at radius 1 is 1.00 bits per heavy atom. The number of ether oxygens (including phenoxy) is 1. The Labute approximate surface area is 119 Å². The second-order valence-electron chi connectivity index (χ2n) is 5.16. The summed E-state index contributed by atoms with van der Waals surface area (Å²) < 4.78 is 5.85. The maximum absolute atomic E-state index is 10.5. The van der Waals surface area contributed by atoms with Crippen LogP contribution < -0.4 is 0 Å². The highest BCUT2D eigenvalue weighted by atomic mass is 16.5. The van der Waals surface area contributed by atoms with E-state index in [4.69, 9.17) is 4.74 Å². The number of hydrogen-bond donors (Lipinski definition) is 1. The fraction of sp³-hybridized carbons (Fsp3) is 0.222. The fourth-order valence-electron chi connectivity index (χ4n) is 2.72. The van der Waals surface area contributed by atoms with Crippen molar-refractivity contribution in [1.29, 1.82) is 0 Å². The van der Waals surface area contributed by atoms with Crippen molar-refractivity contribution in [3.05, 3.63) is 83.9 Å². The van der Waals surface area contributed by atoms with E-state index in [1.807, 2.05) is 60.7 Å². The molecule has 0 bridgehead atoms. The van der Waals surface area contributed by atoms with Crippen molar-refractivity contribution in [2.75, 3.05) is 6.61 Å². The third-order valence-corrected chi connectivity index (χ3v) is 3.88. The van der Waals surface area contributed by atoms with E-state index in [0.717, 1.165) is 16.7 Å². The molecule has 1 heterocycles. The quantitative estimate of drug-likeness (QED) is 0.859. The van der Waals surface area contributed by atoms with Crippen molar-refractivity contribution in [2.24, 2.45) is 5.92 Å². The maximum atomic E-state index is 10.5. The lowest BCUT2D eigenvalue weighted by Crippen LogP contribution is -2.14. The first kappa shape index (κ1) is 13.1. The summed E-state index contributed by atoms with van der Waals surface area (Å²) >= 11 is 0. The summed E-state index contributed by atoms with van der Waals surface area (Å²) in [7, 11) is 0. The first-order valence-electron chi connectivity index (χ1n) is 6.85. The molecule has 3 rings (SSSR count). The van der Waals surface area contributed by atoms with Crippen LogP contribution in [0.2, 0.25) is 0 Å². The van der Waals surface area contributed by atoms with Crippen LogP contribution in [0.15, 0.2) is 72.8 Å². The highest BCUT2D eigenvalue weighted by Crippen LogP contribution is 2.42. The van der Waals surface area contributed by atoms with Gasteiger partial charge in [0.1, 0.15) is 6.10 Å². The van der Waals surface area contributed by atoms with Crippen molar-refractivity contribution >= 4 is 0 Å². The Morgan fingerprint density at radius 2 is 1.60 bits per heavy atom. The molecule has 102 valence electrons. The molecule has 1 aliphatic heterocycles. The van der Waals surface area contributed by atoms with E-state index < -0.39 is 6.10 Å². The van der Waals surface area contributed by atoms with Gasteiger partial charge in [0.25, 0.3) is 0 Å². The molecule has 1 aliphatic rings. The lowest BCUT2D eigenvalue weighted by Gasteiger charge is -2.19. The molecule has 20 heavy (non-hydrogen) atoms. The van der Waals surface area contributed by atoms with E-state index in [0.29, 0.717) is 6.61 Å². The molecule has 0 spiro atoms. The van der Waals surface area contributed by atoms with Gasteiger partial charge in [0.2, 0.25) is 0 Å². The van der Waals surface area contributed by atoms with E-state index >= 15 is 0 Å². The highest BCUT2D eigenvalue weighted by Gasteiger charge is 2.35. The Balaban J connectivity index is 1.79. The Kier molecular flexibility index (Phi) is 3.68. The molecule has 2 nitrogen and oxygen atoms in total. The maximum Gasteiger partial charge on any atom is 0.104 e. The third kappa shape index (κ3) is 2.40. The molecular formula is C18H18O2. The molecule has 2 aromatic rings. The standard InChI is InChI=1S/C18H18O2/c1-13-16(17(19)14-8-4-2-5-9-14)12-20-18(13)15-10-6-3-7-11-15/h2-11,16-19H,1,12H2/t16-,17-,18?/m0/s1. The first-order valence-corrected chi connectivity index (χ1v) is 6.85. The Morgan fingerprint density at radius 3 is 2.25 bits per heavy atom. The van der Waals surface area contributed by atoms with Crippen molar-refractivity contribution in [3.63, 3.8) is 0 Å². The summed E-state index contributed by atoms with van der Waals surface area (Å²) in [5.41, 5.74) is 2.96. The molecule has 0 amide bonds. The van der Waals surface area contributed by atoms with Crippen LogP contribution in [0.5, 0.6) is 0 Å². The summed E-state index contributed by atoms with van der Waals surface area (Å²) in [6, 6.07) is 19.7. The van der Waals surface area contributed by atoms with Gasteiger partial charge >= 0.3 is 0 Å². The Bertz CT molecular complexity index is 577. The molecule has 2 aromatic carbocycles. The monoisotopic (exact) mass is 266 g/mol. The summed E-state index contributed by atoms with van der Waals surface area (Å²) in [5.74, 6) is -0.0531. The molecule has 1 N–H and O–H groups in total. The van der Waals surface area contributed by atoms with Gasteiger partial charge in [0.05, 0.1) is 12.7 Å². The lowest BCUT2D eigenvalue weighted by atomic mass is 9.88. The van der Waals surface area contributed by atoms with E-state index in [2.05, 4.69) is 6.58 Å². The van der Waals surface area contributed by atoms with Crippen molar-refractivity contribution < 1.29 is 9.84 Å². The minimum Gasteiger partial charge on any atom is -0.388 e.